The van der Waals surface area contributed by atoms with E-state index >= 15 is 0 Å². The number of rotatable bonds is 5. The fourth-order valence-corrected chi connectivity index (χ4v) is 2.48. The van der Waals surface area contributed by atoms with E-state index in [1.807, 2.05) is 0 Å². The fraction of sp³-hybridized carbons (Fsp3) is 0.267. The summed E-state index contributed by atoms with van der Waals surface area (Å²) in [6, 6.07) is 5.62. The highest BCUT2D eigenvalue weighted by Gasteiger charge is 2.43. The summed E-state index contributed by atoms with van der Waals surface area (Å²) in [5.74, 6) is -2.82. The molecule has 1 aliphatic rings. The Morgan fingerprint density at radius 2 is 2.05 bits per heavy atom. The Morgan fingerprint density at radius 1 is 1.36 bits per heavy atom. The number of nitrogens with zero attached hydrogens (tertiary/aromatic N) is 1. The van der Waals surface area contributed by atoms with Crippen LogP contribution < -0.4 is 4.74 Å². The number of hydrogen-bond acceptors (Lipinski definition) is 5. The van der Waals surface area contributed by atoms with Gasteiger partial charge in [-0.15, -0.1) is 0 Å². The highest BCUT2D eigenvalue weighted by molar-refractivity contribution is 6.08. The lowest BCUT2D eigenvalue weighted by Gasteiger charge is -2.25. The molecule has 0 aromatic heterocycles. The summed E-state index contributed by atoms with van der Waals surface area (Å²) < 4.78 is 5.10. The number of ketones is 1. The average molecular weight is 305 g/mol. The van der Waals surface area contributed by atoms with Crippen molar-refractivity contribution in [1.29, 1.82) is 0 Å². The molecule has 1 aromatic rings. The van der Waals surface area contributed by atoms with Gasteiger partial charge in [0, 0.05) is 0 Å². The van der Waals surface area contributed by atoms with E-state index in [4.69, 9.17) is 9.84 Å². The van der Waals surface area contributed by atoms with Gasteiger partial charge in [-0.1, -0.05) is 12.1 Å². The molecular weight excluding hydrogens is 290 g/mol. The van der Waals surface area contributed by atoms with Crippen molar-refractivity contribution < 1.29 is 29.3 Å². The Kier molecular flexibility index (Phi) is 4.16. The van der Waals surface area contributed by atoms with Gasteiger partial charge in [-0.2, -0.15) is 0 Å². The fourth-order valence-electron chi connectivity index (χ4n) is 2.48. The Labute approximate surface area is 126 Å². The number of hydrogen-bond donors (Lipinski definition) is 2. The molecule has 0 fully saturated rings. The van der Waals surface area contributed by atoms with Crippen molar-refractivity contribution in [3.8, 4) is 5.75 Å². The smallest absolute Gasteiger partial charge is 0.323 e. The quantitative estimate of drug-likeness (QED) is 0.843. The van der Waals surface area contributed by atoms with E-state index < -0.39 is 36.0 Å². The van der Waals surface area contributed by atoms with Gasteiger partial charge in [0.25, 0.3) is 5.91 Å². The van der Waals surface area contributed by atoms with E-state index in [0.717, 1.165) is 4.90 Å². The molecule has 1 aromatic carbocycles. The van der Waals surface area contributed by atoms with Crippen molar-refractivity contribution in [3.05, 3.63) is 41.2 Å². The monoisotopic (exact) mass is 305 g/mol. The van der Waals surface area contributed by atoms with Gasteiger partial charge >= 0.3 is 5.97 Å². The predicted molar refractivity (Wildman–Crippen MR) is 75.4 cm³/mol. The average Bonchev–Trinajstić information content (AvgIpc) is 2.71. The van der Waals surface area contributed by atoms with Crippen LogP contribution >= 0.6 is 0 Å². The number of carbonyl (C=O) groups excluding carboxylic acids is 2. The van der Waals surface area contributed by atoms with E-state index in [9.17, 15) is 19.5 Å². The Morgan fingerprint density at radius 3 is 2.59 bits per heavy atom. The molecule has 0 saturated carbocycles. The normalized spacial score (nSPS) is 17.8. The molecule has 1 aliphatic heterocycles. The van der Waals surface area contributed by atoms with Gasteiger partial charge in [0.1, 0.15) is 12.3 Å². The van der Waals surface area contributed by atoms with Crippen LogP contribution in [0.2, 0.25) is 0 Å². The van der Waals surface area contributed by atoms with E-state index in [1.165, 1.54) is 14.0 Å². The molecule has 0 radical (unpaired) electrons. The number of ether oxygens (including phenoxy) is 1. The van der Waals surface area contributed by atoms with E-state index in [2.05, 4.69) is 0 Å². The van der Waals surface area contributed by atoms with Crippen molar-refractivity contribution >= 4 is 17.7 Å². The second kappa shape index (κ2) is 5.88. The number of aliphatic hydroxyl groups excluding tert-OH is 1. The van der Waals surface area contributed by atoms with Crippen molar-refractivity contribution in [2.24, 2.45) is 0 Å². The van der Waals surface area contributed by atoms with Crippen molar-refractivity contribution in [1.82, 2.24) is 4.90 Å². The van der Waals surface area contributed by atoms with Gasteiger partial charge in [-0.3, -0.25) is 14.4 Å². The predicted octanol–water partition coefficient (Wildman–Crippen LogP) is 1.06. The van der Waals surface area contributed by atoms with Crippen molar-refractivity contribution in [3.63, 3.8) is 0 Å². The Bertz CT molecular complexity index is 678. The first-order chi connectivity index (χ1) is 10.4. The van der Waals surface area contributed by atoms with Crippen LogP contribution in [0.1, 0.15) is 18.5 Å². The number of aliphatic carboxylic acids is 1. The Balaban J connectivity index is 2.56. The van der Waals surface area contributed by atoms with Crippen LogP contribution in [-0.2, 0) is 14.4 Å². The molecule has 22 heavy (non-hydrogen) atoms. The van der Waals surface area contributed by atoms with Crippen molar-refractivity contribution in [2.75, 3.05) is 13.7 Å². The molecule has 1 atom stereocenters. The number of methoxy groups -OCH3 is 1. The maximum absolute atomic E-state index is 12.1. The van der Waals surface area contributed by atoms with Crippen LogP contribution in [0.25, 0.3) is 0 Å². The zero-order valence-corrected chi connectivity index (χ0v) is 12.1. The number of aliphatic hydroxyl groups is 1. The molecule has 0 saturated heterocycles. The standard InChI is InChI=1S/C15H15NO6/c1-8(17)12-13(9-4-3-5-10(6-9)22-2)16(7-11(18)19)15(21)14(12)20/h3-6,13,20H,7H2,1-2H3,(H,18,19)/t13-/m1/s1. The molecule has 0 spiro atoms. The van der Waals surface area contributed by atoms with E-state index in [1.54, 1.807) is 24.3 Å². The summed E-state index contributed by atoms with van der Waals surface area (Å²) >= 11 is 0. The van der Waals surface area contributed by atoms with Crippen LogP contribution in [0.4, 0.5) is 0 Å². The first kappa shape index (κ1) is 15.6. The first-order valence-electron chi connectivity index (χ1n) is 6.47. The van der Waals surface area contributed by atoms with Crippen LogP contribution in [0.5, 0.6) is 5.75 Å². The third kappa shape index (κ3) is 2.65. The third-order valence-electron chi connectivity index (χ3n) is 3.40. The van der Waals surface area contributed by atoms with Crippen LogP contribution in [0.15, 0.2) is 35.6 Å². The number of carboxylic acid groups (broad SMARTS) is 1. The molecule has 2 N–H and O–H groups in total. The zero-order chi connectivity index (χ0) is 16.4. The molecule has 2 rings (SSSR count). The lowest BCUT2D eigenvalue weighted by molar-refractivity contribution is -0.144. The molecule has 7 heteroatoms. The second-order valence-corrected chi connectivity index (χ2v) is 4.82. The number of carboxylic acids is 1. The topological polar surface area (TPSA) is 104 Å². The minimum absolute atomic E-state index is 0.112. The molecule has 0 bridgehead atoms. The molecule has 0 aliphatic carbocycles. The van der Waals surface area contributed by atoms with Crippen LogP contribution in [0.3, 0.4) is 0 Å². The number of amides is 1. The zero-order valence-electron chi connectivity index (χ0n) is 12.1. The molecule has 1 amide bonds. The van der Waals surface area contributed by atoms with Gasteiger partial charge in [0.2, 0.25) is 0 Å². The summed E-state index contributed by atoms with van der Waals surface area (Å²) in [7, 11) is 1.47. The van der Waals surface area contributed by atoms with Gasteiger partial charge < -0.3 is 19.8 Å². The van der Waals surface area contributed by atoms with Gasteiger partial charge in [0.05, 0.1) is 18.7 Å². The highest BCUT2D eigenvalue weighted by Crippen LogP contribution is 2.38. The SMILES string of the molecule is COc1cccc([C@@H]2C(C(C)=O)=C(O)C(=O)N2CC(=O)O)c1. The summed E-state index contributed by atoms with van der Waals surface area (Å²) in [6.45, 7) is 0.595. The van der Waals surface area contributed by atoms with Gasteiger partial charge in [0.15, 0.2) is 11.5 Å². The van der Waals surface area contributed by atoms with Crippen LogP contribution in [-0.4, -0.2) is 46.4 Å². The summed E-state index contributed by atoms with van der Waals surface area (Å²) in [5, 5.41) is 18.9. The summed E-state index contributed by atoms with van der Waals surface area (Å²) in [4.78, 5) is 35.8. The molecule has 116 valence electrons. The molecule has 0 unspecified atom stereocenters. The Hall–Kier alpha value is -2.83. The first-order valence-corrected chi connectivity index (χ1v) is 6.47. The number of Topliss-reactive ketones (excluding diaryl/α,β-unsaturated/α-hetero) is 1. The molecule has 1 heterocycles. The lowest BCUT2D eigenvalue weighted by Crippen LogP contribution is -2.35. The summed E-state index contributed by atoms with van der Waals surface area (Å²) in [5.41, 5.74) is 0.378. The largest absolute Gasteiger partial charge is 0.503 e. The molecule has 7 nitrogen and oxygen atoms in total. The minimum Gasteiger partial charge on any atom is -0.503 e. The van der Waals surface area contributed by atoms with Gasteiger partial charge in [-0.05, 0) is 24.6 Å². The molecular formula is C15H15NO6. The van der Waals surface area contributed by atoms with E-state index in [-0.39, 0.29) is 5.57 Å². The second-order valence-electron chi connectivity index (χ2n) is 4.82. The number of carbonyl (C=O) groups is 3. The van der Waals surface area contributed by atoms with Gasteiger partial charge in [-0.25, -0.2) is 0 Å². The van der Waals surface area contributed by atoms with E-state index in [0.29, 0.717) is 11.3 Å². The maximum atomic E-state index is 12.1. The van der Waals surface area contributed by atoms with Crippen LogP contribution in [0, 0.1) is 0 Å². The highest BCUT2D eigenvalue weighted by atomic mass is 16.5. The maximum Gasteiger partial charge on any atom is 0.323 e. The third-order valence-corrected chi connectivity index (χ3v) is 3.40. The summed E-state index contributed by atoms with van der Waals surface area (Å²) in [6.07, 6.45) is 0. The minimum atomic E-state index is -1.24. The lowest BCUT2D eigenvalue weighted by atomic mass is 9.96. The van der Waals surface area contributed by atoms with Crippen molar-refractivity contribution in [2.45, 2.75) is 13.0 Å². The number of benzene rings is 1.